The number of hydrogen-bond acceptors (Lipinski definition) is 6. The Balaban J connectivity index is 1.42. The predicted octanol–water partition coefficient (Wildman–Crippen LogP) is 4.52. The monoisotopic (exact) mass is 580 g/mol. The van der Waals surface area contributed by atoms with Gasteiger partial charge < -0.3 is 20.3 Å². The van der Waals surface area contributed by atoms with Gasteiger partial charge >= 0.3 is 5.97 Å². The van der Waals surface area contributed by atoms with Crippen molar-refractivity contribution in [2.75, 3.05) is 27.2 Å². The maximum absolute atomic E-state index is 13.6. The average molecular weight is 581 g/mol. The molecule has 0 fully saturated rings. The van der Waals surface area contributed by atoms with Crippen LogP contribution in [0.2, 0.25) is 0 Å². The van der Waals surface area contributed by atoms with Crippen molar-refractivity contribution in [2.24, 2.45) is 5.92 Å². The van der Waals surface area contributed by atoms with Crippen LogP contribution in [0.4, 0.5) is 0 Å². The molecular weight excluding hydrogens is 540 g/mol. The quantitative estimate of drug-likeness (QED) is 0.288. The highest BCUT2D eigenvalue weighted by Crippen LogP contribution is 2.33. The van der Waals surface area contributed by atoms with Crippen LogP contribution in [0, 0.1) is 12.8 Å². The van der Waals surface area contributed by atoms with E-state index in [0.29, 0.717) is 22.6 Å². The summed E-state index contributed by atoms with van der Waals surface area (Å²) in [5, 5.41) is 23.6. The molecule has 8 nitrogen and oxygen atoms in total. The van der Waals surface area contributed by atoms with Crippen molar-refractivity contribution in [3.8, 4) is 16.9 Å². The zero-order valence-electron chi connectivity index (χ0n) is 24.3. The summed E-state index contributed by atoms with van der Waals surface area (Å²) in [5.74, 6) is -0.307. The fourth-order valence-electron chi connectivity index (χ4n) is 5.75. The molecule has 9 heteroatoms. The standard InChI is InChI=1S/C32H40N2O6S/c1-21-14-25(10-12-28(21)31(36)37)26-11-13-29(40-5)30(17-26)41(38,39)34(4)20-27(35)19-33-32(2,3)18-22-15-23-8-6-7-9-24(23)16-22/h6-14,17,22,27,33,35H,15-16,18-20H2,1-5H3,(H,36,37)/t27-/m1/s1. The Kier molecular flexibility index (Phi) is 9.23. The fourth-order valence-corrected chi connectivity index (χ4v) is 7.14. The molecule has 0 unspecified atom stereocenters. The molecule has 0 heterocycles. The number of methoxy groups -OCH3 is 1. The molecule has 3 aromatic rings. The van der Waals surface area contributed by atoms with E-state index in [1.165, 1.54) is 37.4 Å². The van der Waals surface area contributed by atoms with Gasteiger partial charge in [-0.25, -0.2) is 13.2 Å². The molecule has 1 aliphatic rings. The summed E-state index contributed by atoms with van der Waals surface area (Å²) in [5.41, 5.74) is 4.65. The van der Waals surface area contributed by atoms with E-state index in [9.17, 15) is 23.4 Å². The smallest absolute Gasteiger partial charge is 0.335 e. The summed E-state index contributed by atoms with van der Waals surface area (Å²) in [7, 11) is -1.17. The van der Waals surface area contributed by atoms with Crippen LogP contribution < -0.4 is 10.1 Å². The highest BCUT2D eigenvalue weighted by atomic mass is 32.2. The number of aliphatic hydroxyl groups is 1. The second-order valence-corrected chi connectivity index (χ2v) is 13.7. The number of carboxylic acids is 1. The van der Waals surface area contributed by atoms with Gasteiger partial charge in [-0.05, 0) is 92.0 Å². The molecule has 0 amide bonds. The minimum Gasteiger partial charge on any atom is -0.495 e. The van der Waals surface area contributed by atoms with E-state index in [4.69, 9.17) is 4.74 Å². The number of carbonyl (C=O) groups is 1. The minimum absolute atomic E-state index is 0.0266. The van der Waals surface area contributed by atoms with Gasteiger partial charge in [0.1, 0.15) is 10.6 Å². The van der Waals surface area contributed by atoms with Crippen LogP contribution in [-0.4, -0.2) is 67.8 Å². The molecule has 220 valence electrons. The van der Waals surface area contributed by atoms with Crippen molar-refractivity contribution >= 4 is 16.0 Å². The van der Waals surface area contributed by atoms with Crippen molar-refractivity contribution in [2.45, 2.75) is 56.6 Å². The SMILES string of the molecule is COc1ccc(-c2ccc(C(=O)O)c(C)c2)cc1S(=O)(=O)N(C)C[C@H](O)CNC(C)(C)CC1Cc2ccccc2C1. The molecule has 1 aliphatic carbocycles. The van der Waals surface area contributed by atoms with E-state index in [0.717, 1.165) is 23.6 Å². The van der Waals surface area contributed by atoms with Gasteiger partial charge in [-0.1, -0.05) is 42.5 Å². The Hall–Kier alpha value is -3.24. The third-order valence-corrected chi connectivity index (χ3v) is 9.71. The number of ether oxygens (including phenoxy) is 1. The Bertz CT molecular complexity index is 1490. The number of fused-ring (bicyclic) bond motifs is 1. The van der Waals surface area contributed by atoms with Gasteiger partial charge in [0, 0.05) is 25.7 Å². The molecule has 3 aromatic carbocycles. The first-order valence-corrected chi connectivity index (χ1v) is 15.2. The molecule has 0 bridgehead atoms. The van der Waals surface area contributed by atoms with E-state index >= 15 is 0 Å². The molecule has 0 saturated carbocycles. The van der Waals surface area contributed by atoms with Gasteiger partial charge in [0.2, 0.25) is 10.0 Å². The Morgan fingerprint density at radius 1 is 1.07 bits per heavy atom. The molecule has 4 rings (SSSR count). The second-order valence-electron chi connectivity index (χ2n) is 11.7. The molecule has 0 aromatic heterocycles. The molecular formula is C32H40N2O6S. The summed E-state index contributed by atoms with van der Waals surface area (Å²) >= 11 is 0. The Morgan fingerprint density at radius 2 is 1.68 bits per heavy atom. The van der Waals surface area contributed by atoms with E-state index in [1.54, 1.807) is 31.2 Å². The van der Waals surface area contributed by atoms with Crippen molar-refractivity contribution in [1.29, 1.82) is 0 Å². The van der Waals surface area contributed by atoms with Crippen LogP contribution in [0.1, 0.15) is 47.3 Å². The summed E-state index contributed by atoms with van der Waals surface area (Å²) in [4.78, 5) is 11.4. The molecule has 0 spiro atoms. The van der Waals surface area contributed by atoms with E-state index in [2.05, 4.69) is 43.4 Å². The number of rotatable bonds is 12. The Labute approximate surface area is 243 Å². The number of carboxylic acid groups (broad SMARTS) is 1. The van der Waals surface area contributed by atoms with Crippen molar-refractivity contribution in [3.63, 3.8) is 0 Å². The van der Waals surface area contributed by atoms with Crippen LogP contribution in [0.25, 0.3) is 11.1 Å². The number of nitrogens with zero attached hydrogens (tertiary/aromatic N) is 1. The number of sulfonamides is 1. The molecule has 0 saturated heterocycles. The van der Waals surface area contributed by atoms with Gasteiger partial charge in [-0.15, -0.1) is 0 Å². The lowest BCUT2D eigenvalue weighted by Gasteiger charge is -2.31. The maximum atomic E-state index is 13.6. The lowest BCUT2D eigenvalue weighted by Crippen LogP contribution is -2.47. The van der Waals surface area contributed by atoms with Crippen LogP contribution in [0.15, 0.2) is 65.6 Å². The number of aromatic carboxylic acids is 1. The van der Waals surface area contributed by atoms with Crippen molar-refractivity contribution in [1.82, 2.24) is 9.62 Å². The molecule has 0 radical (unpaired) electrons. The number of aliphatic hydroxyl groups excluding tert-OH is 1. The lowest BCUT2D eigenvalue weighted by molar-refractivity contribution is 0.0696. The summed E-state index contributed by atoms with van der Waals surface area (Å²) < 4.78 is 33.7. The summed E-state index contributed by atoms with van der Waals surface area (Å²) in [6, 6.07) is 18.3. The van der Waals surface area contributed by atoms with Gasteiger partial charge in [0.05, 0.1) is 18.8 Å². The van der Waals surface area contributed by atoms with Crippen LogP contribution >= 0.6 is 0 Å². The van der Waals surface area contributed by atoms with Crippen LogP contribution in [-0.2, 0) is 22.9 Å². The number of nitrogens with one attached hydrogen (secondary N) is 1. The maximum Gasteiger partial charge on any atom is 0.335 e. The van der Waals surface area contributed by atoms with Gasteiger partial charge in [0.15, 0.2) is 0 Å². The number of hydrogen-bond donors (Lipinski definition) is 3. The third-order valence-electron chi connectivity index (χ3n) is 7.86. The van der Waals surface area contributed by atoms with E-state index in [1.807, 2.05) is 0 Å². The zero-order chi connectivity index (χ0) is 29.9. The van der Waals surface area contributed by atoms with Gasteiger partial charge in [-0.3, -0.25) is 0 Å². The first-order chi connectivity index (χ1) is 19.3. The lowest BCUT2D eigenvalue weighted by atomic mass is 9.88. The van der Waals surface area contributed by atoms with Crippen molar-refractivity contribution < 1.29 is 28.2 Å². The zero-order valence-corrected chi connectivity index (χ0v) is 25.2. The average Bonchev–Trinajstić information content (AvgIpc) is 3.32. The fraction of sp³-hybridized carbons (Fsp3) is 0.406. The molecule has 41 heavy (non-hydrogen) atoms. The summed E-state index contributed by atoms with van der Waals surface area (Å²) in [6.07, 6.45) is 2.12. The highest BCUT2D eigenvalue weighted by molar-refractivity contribution is 7.89. The van der Waals surface area contributed by atoms with Gasteiger partial charge in [0.25, 0.3) is 0 Å². The van der Waals surface area contributed by atoms with Crippen molar-refractivity contribution in [3.05, 3.63) is 82.9 Å². The normalized spacial score (nSPS) is 14.7. The third kappa shape index (κ3) is 7.16. The second kappa shape index (κ2) is 12.3. The molecule has 1 atom stereocenters. The number of β-amino-alcohol motifs (C(OH)–C–C–N with tert-alkyl or cyclic N) is 1. The Morgan fingerprint density at radius 3 is 2.27 bits per heavy atom. The van der Waals surface area contributed by atoms with Gasteiger partial charge in [-0.2, -0.15) is 4.31 Å². The molecule has 3 N–H and O–H groups in total. The van der Waals surface area contributed by atoms with E-state index in [-0.39, 0.29) is 34.8 Å². The number of likely N-dealkylation sites (N-methyl/N-ethyl adjacent to an activating group) is 1. The summed E-state index contributed by atoms with van der Waals surface area (Å²) in [6.45, 7) is 6.08. The molecule has 0 aliphatic heterocycles. The minimum atomic E-state index is -4.02. The topological polar surface area (TPSA) is 116 Å². The number of aryl methyl sites for hydroxylation is 1. The first-order valence-electron chi connectivity index (χ1n) is 13.8. The van der Waals surface area contributed by atoms with Crippen LogP contribution in [0.5, 0.6) is 5.75 Å². The van der Waals surface area contributed by atoms with Crippen LogP contribution in [0.3, 0.4) is 0 Å². The van der Waals surface area contributed by atoms with E-state index < -0.39 is 22.1 Å². The first kappa shape index (κ1) is 30.7. The highest BCUT2D eigenvalue weighted by Gasteiger charge is 2.30. The predicted molar refractivity (Wildman–Crippen MR) is 160 cm³/mol. The number of benzene rings is 3. The largest absolute Gasteiger partial charge is 0.495 e.